The van der Waals surface area contributed by atoms with Crippen LogP contribution in [-0.4, -0.2) is 53.4 Å². The van der Waals surface area contributed by atoms with Crippen LogP contribution in [-0.2, 0) is 0 Å². The molecule has 0 aliphatic carbocycles. The minimum absolute atomic E-state index is 0.158. The third kappa shape index (κ3) is 5.39. The van der Waals surface area contributed by atoms with Gasteiger partial charge in [-0.1, -0.05) is 17.6 Å². The van der Waals surface area contributed by atoms with Crippen LogP contribution >= 0.6 is 11.3 Å². The molecule has 7 heteroatoms. The number of aromatic nitrogens is 1. The van der Waals surface area contributed by atoms with Crippen molar-refractivity contribution in [2.75, 3.05) is 26.2 Å². The lowest BCUT2D eigenvalue weighted by atomic mass is 10.1. The second-order valence-corrected chi connectivity index (χ2v) is 7.41. The summed E-state index contributed by atoms with van der Waals surface area (Å²) in [5.74, 6) is 0.439. The van der Waals surface area contributed by atoms with Gasteiger partial charge in [-0.2, -0.15) is 0 Å². The van der Waals surface area contributed by atoms with Gasteiger partial charge in [-0.15, -0.1) is 11.3 Å². The summed E-state index contributed by atoms with van der Waals surface area (Å²) in [6.07, 6.45) is 4.95. The van der Waals surface area contributed by atoms with Crippen LogP contribution in [0.25, 0.3) is 10.6 Å². The normalized spacial score (nSPS) is 18.4. The van der Waals surface area contributed by atoms with Crippen molar-refractivity contribution in [2.24, 2.45) is 0 Å². The average molecular weight is 363 g/mol. The van der Waals surface area contributed by atoms with Crippen molar-refractivity contribution < 1.29 is 14.4 Å². The Labute approximate surface area is 151 Å². The third-order valence-electron chi connectivity index (χ3n) is 4.42. The van der Waals surface area contributed by atoms with Crippen molar-refractivity contribution in [3.05, 3.63) is 29.3 Å². The van der Waals surface area contributed by atoms with Gasteiger partial charge in [0.2, 0.25) is 0 Å². The molecule has 2 N–H and O–H groups in total. The maximum Gasteiger partial charge on any atom is 0.273 e. The molecule has 1 atom stereocenters. The number of amides is 1. The van der Waals surface area contributed by atoms with Gasteiger partial charge in [-0.25, -0.2) is 0 Å². The zero-order valence-electron chi connectivity index (χ0n) is 14.3. The predicted octanol–water partition coefficient (Wildman–Crippen LogP) is 2.76. The Balaban J connectivity index is 1.30. The summed E-state index contributed by atoms with van der Waals surface area (Å²) < 4.78 is 5.22. The maximum absolute atomic E-state index is 12.1. The first-order valence-corrected chi connectivity index (χ1v) is 9.79. The van der Waals surface area contributed by atoms with Crippen molar-refractivity contribution in [3.8, 4) is 10.6 Å². The standard InChI is InChI=1S/C18H25N3O3S/c22-14-6-4-10-21(13-14)9-3-1-2-8-19-18(23)15-12-16(24-20-15)17-7-5-11-25-17/h5,7,11-12,14,22H,1-4,6,8-10,13H2,(H,19,23). The van der Waals surface area contributed by atoms with Crippen LogP contribution in [0.4, 0.5) is 0 Å². The number of nitrogens with one attached hydrogen (secondary N) is 1. The quantitative estimate of drug-likeness (QED) is 0.705. The number of hydrogen-bond donors (Lipinski definition) is 2. The highest BCUT2D eigenvalue weighted by Gasteiger charge is 2.17. The summed E-state index contributed by atoms with van der Waals surface area (Å²) in [7, 11) is 0. The van der Waals surface area contributed by atoms with E-state index < -0.39 is 0 Å². The van der Waals surface area contributed by atoms with E-state index in [1.807, 2.05) is 17.5 Å². The van der Waals surface area contributed by atoms with Gasteiger partial charge < -0.3 is 19.8 Å². The van der Waals surface area contributed by atoms with E-state index in [2.05, 4.69) is 15.4 Å². The number of unbranched alkanes of at least 4 members (excludes halogenated alkanes) is 2. The number of likely N-dealkylation sites (tertiary alicyclic amines) is 1. The van der Waals surface area contributed by atoms with E-state index in [1.165, 1.54) is 0 Å². The van der Waals surface area contributed by atoms with Crippen LogP contribution in [0.5, 0.6) is 0 Å². The number of hydrogen-bond acceptors (Lipinski definition) is 6. The van der Waals surface area contributed by atoms with Crippen molar-refractivity contribution in [1.82, 2.24) is 15.4 Å². The smallest absolute Gasteiger partial charge is 0.273 e. The molecule has 6 nitrogen and oxygen atoms in total. The van der Waals surface area contributed by atoms with Crippen molar-refractivity contribution in [1.29, 1.82) is 0 Å². The van der Waals surface area contributed by atoms with Crippen LogP contribution in [0.1, 0.15) is 42.6 Å². The molecule has 0 saturated carbocycles. The molecule has 1 fully saturated rings. The van der Waals surface area contributed by atoms with Gasteiger partial charge in [0.15, 0.2) is 11.5 Å². The molecule has 3 rings (SSSR count). The first kappa shape index (κ1) is 18.1. The molecule has 3 heterocycles. The minimum atomic E-state index is -0.189. The van der Waals surface area contributed by atoms with E-state index in [0.29, 0.717) is 18.0 Å². The van der Waals surface area contributed by atoms with Crippen molar-refractivity contribution in [3.63, 3.8) is 0 Å². The van der Waals surface area contributed by atoms with Gasteiger partial charge in [0, 0.05) is 19.2 Å². The number of β-amino-alcohol motifs (C(OH)–C–C–N with tert-alkyl or cyclic N) is 1. The molecule has 1 unspecified atom stereocenters. The summed E-state index contributed by atoms with van der Waals surface area (Å²) in [5, 5.41) is 18.3. The van der Waals surface area contributed by atoms with Crippen LogP contribution in [0.15, 0.2) is 28.1 Å². The largest absolute Gasteiger partial charge is 0.392 e. The Morgan fingerprint density at radius 3 is 3.16 bits per heavy atom. The van der Waals surface area contributed by atoms with Gasteiger partial charge in [0.1, 0.15) is 0 Å². The fraction of sp³-hybridized carbons (Fsp3) is 0.556. The fourth-order valence-electron chi connectivity index (χ4n) is 3.08. The summed E-state index contributed by atoms with van der Waals surface area (Å²) in [6, 6.07) is 5.56. The van der Waals surface area contributed by atoms with Crippen molar-refractivity contribution >= 4 is 17.2 Å². The number of rotatable bonds is 8. The van der Waals surface area contributed by atoms with Gasteiger partial charge in [-0.3, -0.25) is 4.79 Å². The lowest BCUT2D eigenvalue weighted by Crippen LogP contribution is -2.38. The van der Waals surface area contributed by atoms with E-state index >= 15 is 0 Å². The number of aliphatic hydroxyl groups is 1. The number of nitrogens with zero attached hydrogens (tertiary/aromatic N) is 2. The van der Waals surface area contributed by atoms with Gasteiger partial charge in [0.05, 0.1) is 11.0 Å². The highest BCUT2D eigenvalue weighted by atomic mass is 32.1. The maximum atomic E-state index is 12.1. The van der Waals surface area contributed by atoms with E-state index in [4.69, 9.17) is 4.52 Å². The lowest BCUT2D eigenvalue weighted by molar-refractivity contribution is 0.0697. The van der Waals surface area contributed by atoms with Crippen molar-refractivity contribution in [2.45, 2.75) is 38.2 Å². The topological polar surface area (TPSA) is 78.6 Å². The first-order valence-electron chi connectivity index (χ1n) is 8.91. The summed E-state index contributed by atoms with van der Waals surface area (Å²) >= 11 is 1.55. The van der Waals surface area contributed by atoms with Crippen LogP contribution < -0.4 is 5.32 Å². The van der Waals surface area contributed by atoms with Crippen LogP contribution in [0, 0.1) is 0 Å². The zero-order valence-corrected chi connectivity index (χ0v) is 15.1. The summed E-state index contributed by atoms with van der Waals surface area (Å²) in [6.45, 7) is 3.56. The van der Waals surface area contributed by atoms with E-state index in [0.717, 1.165) is 56.6 Å². The third-order valence-corrected chi connectivity index (χ3v) is 5.31. The minimum Gasteiger partial charge on any atom is -0.392 e. The highest BCUT2D eigenvalue weighted by Crippen LogP contribution is 2.25. The molecule has 0 aromatic carbocycles. The summed E-state index contributed by atoms with van der Waals surface area (Å²) in [5.41, 5.74) is 0.325. The molecule has 1 saturated heterocycles. The number of aliphatic hydroxyl groups excluding tert-OH is 1. The molecular weight excluding hydrogens is 338 g/mol. The SMILES string of the molecule is O=C(NCCCCCN1CCCC(O)C1)c1cc(-c2cccs2)on1. The van der Waals surface area contributed by atoms with E-state index in [1.54, 1.807) is 17.4 Å². The average Bonchev–Trinajstić information content (AvgIpc) is 3.28. The highest BCUT2D eigenvalue weighted by molar-refractivity contribution is 7.13. The molecule has 0 radical (unpaired) electrons. The second kappa shape index (κ2) is 9.12. The molecular formula is C18H25N3O3S. The Morgan fingerprint density at radius 2 is 2.36 bits per heavy atom. The van der Waals surface area contributed by atoms with Gasteiger partial charge in [-0.05, 0) is 50.2 Å². The Morgan fingerprint density at radius 1 is 1.44 bits per heavy atom. The molecule has 1 aliphatic heterocycles. The molecule has 0 bridgehead atoms. The number of piperidine rings is 1. The number of carbonyl (C=O) groups is 1. The fourth-order valence-corrected chi connectivity index (χ4v) is 3.75. The summed E-state index contributed by atoms with van der Waals surface area (Å²) in [4.78, 5) is 15.4. The zero-order chi connectivity index (χ0) is 17.5. The van der Waals surface area contributed by atoms with Gasteiger partial charge >= 0.3 is 0 Å². The second-order valence-electron chi connectivity index (χ2n) is 6.47. The van der Waals surface area contributed by atoms with Gasteiger partial charge in [0.25, 0.3) is 5.91 Å². The molecule has 2 aromatic rings. The Bertz CT molecular complexity index is 656. The van der Waals surface area contributed by atoms with E-state index in [-0.39, 0.29) is 12.0 Å². The molecule has 136 valence electrons. The molecule has 1 amide bonds. The first-order chi connectivity index (χ1) is 12.2. The molecule has 1 aliphatic rings. The molecule has 0 spiro atoms. The van der Waals surface area contributed by atoms with Crippen LogP contribution in [0.3, 0.4) is 0 Å². The predicted molar refractivity (Wildman–Crippen MR) is 97.7 cm³/mol. The molecule has 2 aromatic heterocycles. The Hall–Kier alpha value is -1.70. The number of carbonyl (C=O) groups excluding carboxylic acids is 1. The lowest BCUT2D eigenvalue weighted by Gasteiger charge is -2.29. The molecule has 25 heavy (non-hydrogen) atoms. The van der Waals surface area contributed by atoms with E-state index in [9.17, 15) is 9.90 Å². The Kier molecular flexibility index (Phi) is 6.61. The monoisotopic (exact) mass is 363 g/mol. The number of thiophene rings is 1. The van der Waals surface area contributed by atoms with Crippen LogP contribution in [0.2, 0.25) is 0 Å².